The Morgan fingerprint density at radius 3 is 2.55 bits per heavy atom. The number of rotatable bonds is 1. The number of hydrogen-bond acceptors (Lipinski definition) is 2. The van der Waals surface area contributed by atoms with Gasteiger partial charge in [-0.15, -0.1) is 0 Å². The molecular formula is C16H23N3S. The lowest BCUT2D eigenvalue weighted by Gasteiger charge is -2.45. The minimum Gasteiger partial charge on any atom is -0.329 e. The van der Waals surface area contributed by atoms with Gasteiger partial charge in [-0.25, -0.2) is 0 Å². The summed E-state index contributed by atoms with van der Waals surface area (Å²) < 4.78 is 3.14. The van der Waals surface area contributed by atoms with Crippen LogP contribution in [-0.4, -0.2) is 14.5 Å². The Bertz CT molecular complexity index is 677. The Morgan fingerprint density at radius 2 is 1.90 bits per heavy atom. The van der Waals surface area contributed by atoms with E-state index in [0.717, 1.165) is 10.3 Å². The van der Waals surface area contributed by atoms with E-state index < -0.39 is 0 Å². The van der Waals surface area contributed by atoms with Crippen LogP contribution >= 0.6 is 12.2 Å². The maximum absolute atomic E-state index is 5.56. The molecule has 0 atom stereocenters. The number of H-pyrrole nitrogens is 1. The van der Waals surface area contributed by atoms with Crippen LogP contribution in [0.5, 0.6) is 0 Å². The lowest BCUT2D eigenvalue weighted by Crippen LogP contribution is -2.35. The second-order valence-electron chi connectivity index (χ2n) is 7.76. The minimum atomic E-state index is 0.359. The first kappa shape index (κ1) is 13.8. The maximum Gasteiger partial charge on any atom is 0.178 e. The van der Waals surface area contributed by atoms with Crippen LogP contribution in [0.15, 0.2) is 18.5 Å². The van der Waals surface area contributed by atoms with Gasteiger partial charge in [-0.05, 0) is 48.4 Å². The van der Waals surface area contributed by atoms with Gasteiger partial charge in [-0.3, -0.25) is 4.98 Å². The summed E-state index contributed by atoms with van der Waals surface area (Å²) in [6, 6.07) is 2.54. The van der Waals surface area contributed by atoms with E-state index in [1.807, 2.05) is 12.4 Å². The summed E-state index contributed by atoms with van der Waals surface area (Å²) in [7, 11) is 0. The number of hydrogen-bond donors (Lipinski definition) is 1. The van der Waals surface area contributed by atoms with Crippen LogP contribution in [-0.2, 0) is 0 Å². The Hall–Kier alpha value is -1.16. The highest BCUT2D eigenvalue weighted by Crippen LogP contribution is 2.50. The molecule has 3 rings (SSSR count). The lowest BCUT2D eigenvalue weighted by atomic mass is 9.63. The molecule has 0 aromatic carbocycles. The number of nitrogens with zero attached hydrogens (tertiary/aromatic N) is 2. The van der Waals surface area contributed by atoms with Gasteiger partial charge in [-0.2, -0.15) is 0 Å². The summed E-state index contributed by atoms with van der Waals surface area (Å²) in [4.78, 5) is 7.47. The molecule has 2 aromatic heterocycles. The largest absolute Gasteiger partial charge is 0.329 e. The van der Waals surface area contributed by atoms with E-state index in [0.29, 0.717) is 16.9 Å². The SMILES string of the molecule is CC1(C)CC(n2c(=S)[nH]c3cnccc32)CC(C)(C)C1. The fraction of sp³-hybridized carbons (Fsp3) is 0.625. The van der Waals surface area contributed by atoms with Crippen molar-refractivity contribution in [2.45, 2.75) is 53.0 Å². The van der Waals surface area contributed by atoms with Crippen LogP contribution in [0.4, 0.5) is 0 Å². The van der Waals surface area contributed by atoms with Crippen molar-refractivity contribution in [3.8, 4) is 0 Å². The van der Waals surface area contributed by atoms with Crippen LogP contribution < -0.4 is 0 Å². The van der Waals surface area contributed by atoms with Crippen molar-refractivity contribution in [2.75, 3.05) is 0 Å². The molecule has 1 saturated carbocycles. The number of imidazole rings is 1. The van der Waals surface area contributed by atoms with Crippen LogP contribution in [0.1, 0.15) is 53.0 Å². The highest BCUT2D eigenvalue weighted by Gasteiger charge is 2.39. The molecule has 0 radical (unpaired) electrons. The number of aromatic amines is 1. The average Bonchev–Trinajstić information content (AvgIpc) is 2.60. The molecule has 1 fully saturated rings. The molecule has 2 aromatic rings. The Balaban J connectivity index is 2.11. The first-order valence-electron chi connectivity index (χ1n) is 7.32. The Morgan fingerprint density at radius 1 is 1.25 bits per heavy atom. The van der Waals surface area contributed by atoms with Crippen LogP contribution in [0, 0.1) is 15.6 Å². The smallest absolute Gasteiger partial charge is 0.178 e. The van der Waals surface area contributed by atoms with Crippen molar-refractivity contribution in [1.82, 2.24) is 14.5 Å². The summed E-state index contributed by atoms with van der Waals surface area (Å²) in [5.74, 6) is 0. The van der Waals surface area contributed by atoms with Gasteiger partial charge >= 0.3 is 0 Å². The molecule has 1 N–H and O–H groups in total. The molecule has 1 aliphatic carbocycles. The molecule has 3 nitrogen and oxygen atoms in total. The number of aromatic nitrogens is 3. The van der Waals surface area contributed by atoms with Crippen LogP contribution in [0.25, 0.3) is 11.0 Å². The minimum absolute atomic E-state index is 0.359. The molecule has 0 aliphatic heterocycles. The zero-order valence-corrected chi connectivity index (χ0v) is 13.5. The first-order chi connectivity index (χ1) is 9.27. The van der Waals surface area contributed by atoms with Gasteiger partial charge in [0.25, 0.3) is 0 Å². The van der Waals surface area contributed by atoms with Crippen molar-refractivity contribution in [3.05, 3.63) is 23.2 Å². The number of fused-ring (bicyclic) bond motifs is 1. The molecule has 20 heavy (non-hydrogen) atoms. The Labute approximate surface area is 125 Å². The van der Waals surface area contributed by atoms with E-state index >= 15 is 0 Å². The van der Waals surface area contributed by atoms with Gasteiger partial charge in [0.15, 0.2) is 4.77 Å². The molecule has 1 aliphatic rings. The van der Waals surface area contributed by atoms with Gasteiger partial charge in [0.05, 0.1) is 17.2 Å². The quantitative estimate of drug-likeness (QED) is 0.760. The molecular weight excluding hydrogens is 266 g/mol. The van der Waals surface area contributed by atoms with E-state index in [2.05, 4.69) is 48.3 Å². The van der Waals surface area contributed by atoms with Crippen molar-refractivity contribution in [3.63, 3.8) is 0 Å². The summed E-state index contributed by atoms with van der Waals surface area (Å²) in [5, 5.41) is 0. The van der Waals surface area contributed by atoms with Crippen molar-refractivity contribution in [1.29, 1.82) is 0 Å². The number of pyridine rings is 1. The molecule has 108 valence electrons. The predicted molar refractivity (Wildman–Crippen MR) is 85.4 cm³/mol. The lowest BCUT2D eigenvalue weighted by molar-refractivity contribution is 0.0733. The first-order valence-corrected chi connectivity index (χ1v) is 7.73. The molecule has 2 heterocycles. The highest BCUT2D eigenvalue weighted by atomic mass is 32.1. The molecule has 0 bridgehead atoms. The molecule has 0 saturated heterocycles. The fourth-order valence-electron chi connectivity index (χ4n) is 4.31. The number of nitrogens with one attached hydrogen (secondary N) is 1. The standard InChI is InChI=1S/C16H23N3S/c1-15(2)7-11(8-16(3,4)10-15)19-13-5-6-17-9-12(13)18-14(19)20/h5-6,9,11H,7-8,10H2,1-4H3,(H,18,20). The van der Waals surface area contributed by atoms with E-state index in [9.17, 15) is 0 Å². The van der Waals surface area contributed by atoms with E-state index in [4.69, 9.17) is 12.2 Å². The average molecular weight is 289 g/mol. The highest BCUT2D eigenvalue weighted by molar-refractivity contribution is 7.71. The fourth-order valence-corrected chi connectivity index (χ4v) is 4.67. The predicted octanol–water partition coefficient (Wildman–Crippen LogP) is 4.87. The molecule has 4 heteroatoms. The summed E-state index contributed by atoms with van der Waals surface area (Å²) in [6.45, 7) is 9.50. The van der Waals surface area contributed by atoms with E-state index in [1.165, 1.54) is 24.8 Å². The Kier molecular flexibility index (Phi) is 3.05. The third kappa shape index (κ3) is 2.41. The monoisotopic (exact) mass is 289 g/mol. The van der Waals surface area contributed by atoms with Crippen LogP contribution in [0.3, 0.4) is 0 Å². The normalized spacial score (nSPS) is 22.2. The zero-order chi connectivity index (χ0) is 14.5. The molecule has 0 amide bonds. The van der Waals surface area contributed by atoms with Gasteiger partial charge < -0.3 is 9.55 Å². The topological polar surface area (TPSA) is 33.6 Å². The van der Waals surface area contributed by atoms with Crippen molar-refractivity contribution < 1.29 is 0 Å². The van der Waals surface area contributed by atoms with Gasteiger partial charge in [0, 0.05) is 12.2 Å². The van der Waals surface area contributed by atoms with E-state index in [-0.39, 0.29) is 0 Å². The molecule has 0 spiro atoms. The summed E-state index contributed by atoms with van der Waals surface area (Å²) in [5.41, 5.74) is 2.94. The third-order valence-corrected chi connectivity index (χ3v) is 4.72. The van der Waals surface area contributed by atoms with Crippen molar-refractivity contribution in [2.24, 2.45) is 10.8 Å². The van der Waals surface area contributed by atoms with Gasteiger partial charge in [0.1, 0.15) is 0 Å². The van der Waals surface area contributed by atoms with Crippen LogP contribution in [0.2, 0.25) is 0 Å². The zero-order valence-electron chi connectivity index (χ0n) is 12.7. The third-order valence-electron chi connectivity index (χ3n) is 4.42. The van der Waals surface area contributed by atoms with Gasteiger partial charge in [0.2, 0.25) is 0 Å². The second-order valence-corrected chi connectivity index (χ2v) is 8.15. The second kappa shape index (κ2) is 4.42. The van der Waals surface area contributed by atoms with Crippen molar-refractivity contribution >= 4 is 23.3 Å². The summed E-state index contributed by atoms with van der Waals surface area (Å²) >= 11 is 5.56. The maximum atomic E-state index is 5.56. The molecule has 0 unspecified atom stereocenters. The van der Waals surface area contributed by atoms with Gasteiger partial charge in [-0.1, -0.05) is 27.7 Å². The summed E-state index contributed by atoms with van der Waals surface area (Å²) in [6.07, 6.45) is 7.34. The van der Waals surface area contributed by atoms with E-state index in [1.54, 1.807) is 0 Å².